The van der Waals surface area contributed by atoms with Crippen molar-refractivity contribution in [3.8, 4) is 0 Å². The zero-order chi connectivity index (χ0) is 19.9. The molecule has 3 unspecified atom stereocenters. The van der Waals surface area contributed by atoms with Crippen LogP contribution < -0.4 is 5.32 Å². The number of likely N-dealkylation sites (tertiary alicyclic amines) is 2. The molecule has 0 radical (unpaired) electrons. The SMILES string of the molecule is CCNC(=NCC(c1ccccc1)N1CCCC1)N1CC(C)C(C(=O)OC)C1.I. The molecule has 1 aromatic carbocycles. The van der Waals surface area contributed by atoms with E-state index in [1.54, 1.807) is 0 Å². The smallest absolute Gasteiger partial charge is 0.310 e. The zero-order valence-electron chi connectivity index (χ0n) is 17.8. The molecule has 2 fully saturated rings. The van der Waals surface area contributed by atoms with E-state index in [4.69, 9.17) is 9.73 Å². The molecule has 1 aromatic rings. The Labute approximate surface area is 192 Å². The second-order valence-corrected chi connectivity index (χ2v) is 7.88. The van der Waals surface area contributed by atoms with E-state index in [1.165, 1.54) is 25.5 Å². The summed E-state index contributed by atoms with van der Waals surface area (Å²) in [6, 6.07) is 11.0. The van der Waals surface area contributed by atoms with Crippen LogP contribution in [0.3, 0.4) is 0 Å². The number of carbonyl (C=O) groups excluding carboxylic acids is 1. The van der Waals surface area contributed by atoms with E-state index in [0.29, 0.717) is 12.6 Å². The lowest BCUT2D eigenvalue weighted by molar-refractivity contribution is -0.145. The van der Waals surface area contributed by atoms with Gasteiger partial charge >= 0.3 is 5.97 Å². The molecule has 162 valence electrons. The zero-order valence-corrected chi connectivity index (χ0v) is 20.2. The lowest BCUT2D eigenvalue weighted by Crippen LogP contribution is -2.41. The molecule has 1 N–H and O–H groups in total. The topological polar surface area (TPSA) is 57.2 Å². The van der Waals surface area contributed by atoms with Crippen molar-refractivity contribution in [2.24, 2.45) is 16.8 Å². The molecule has 0 amide bonds. The molecule has 6 nitrogen and oxygen atoms in total. The van der Waals surface area contributed by atoms with Crippen LogP contribution in [-0.4, -0.2) is 68.1 Å². The fourth-order valence-electron chi connectivity index (χ4n) is 4.36. The number of nitrogens with one attached hydrogen (secondary N) is 1. The normalized spacial score (nSPS) is 23.6. The number of halogens is 1. The van der Waals surface area contributed by atoms with Crippen LogP contribution in [0.5, 0.6) is 0 Å². The molecule has 2 aliphatic rings. The van der Waals surface area contributed by atoms with Gasteiger partial charge in [-0.15, -0.1) is 24.0 Å². The van der Waals surface area contributed by atoms with Crippen molar-refractivity contribution in [2.75, 3.05) is 46.4 Å². The molecule has 0 bridgehead atoms. The molecule has 3 atom stereocenters. The first-order chi connectivity index (χ1) is 13.6. The number of guanidine groups is 1. The number of ether oxygens (including phenoxy) is 1. The lowest BCUT2D eigenvalue weighted by Gasteiger charge is -2.28. The predicted octanol–water partition coefficient (Wildman–Crippen LogP) is 3.15. The minimum atomic E-state index is -0.120. The standard InChI is InChI=1S/C22H34N4O2.HI/c1-4-23-22(26-15-17(2)19(16-26)21(27)28-3)24-14-20(25-12-8-9-13-25)18-10-6-5-7-11-18;/h5-7,10-11,17,19-20H,4,8-9,12-16H2,1-3H3,(H,23,24);1H. The van der Waals surface area contributed by atoms with Gasteiger partial charge in [-0.05, 0) is 44.3 Å². The van der Waals surface area contributed by atoms with Gasteiger partial charge < -0.3 is 15.0 Å². The number of nitrogens with zero attached hydrogens (tertiary/aromatic N) is 3. The van der Waals surface area contributed by atoms with E-state index in [0.717, 1.165) is 38.7 Å². The number of hydrogen-bond acceptors (Lipinski definition) is 4. The van der Waals surface area contributed by atoms with Gasteiger partial charge in [0.05, 0.1) is 25.6 Å². The number of hydrogen-bond donors (Lipinski definition) is 1. The highest BCUT2D eigenvalue weighted by Gasteiger charge is 2.37. The molecule has 3 rings (SSSR count). The summed E-state index contributed by atoms with van der Waals surface area (Å²) in [7, 11) is 1.47. The Morgan fingerprint density at radius 1 is 1.24 bits per heavy atom. The van der Waals surface area contributed by atoms with E-state index < -0.39 is 0 Å². The van der Waals surface area contributed by atoms with E-state index in [9.17, 15) is 4.79 Å². The third-order valence-electron chi connectivity index (χ3n) is 5.93. The molecule has 2 saturated heterocycles. The third-order valence-corrected chi connectivity index (χ3v) is 5.93. The fourth-order valence-corrected chi connectivity index (χ4v) is 4.36. The Kier molecular flexibility index (Phi) is 9.68. The number of benzene rings is 1. The molecular weight excluding hydrogens is 479 g/mol. The van der Waals surface area contributed by atoms with Gasteiger partial charge in [0.2, 0.25) is 0 Å². The molecule has 2 heterocycles. The fraction of sp³-hybridized carbons (Fsp3) is 0.636. The van der Waals surface area contributed by atoms with Crippen LogP contribution in [0.1, 0.15) is 38.3 Å². The molecule has 0 aromatic heterocycles. The van der Waals surface area contributed by atoms with E-state index >= 15 is 0 Å². The molecule has 29 heavy (non-hydrogen) atoms. The average Bonchev–Trinajstić information content (AvgIpc) is 3.37. The van der Waals surface area contributed by atoms with Gasteiger partial charge in [-0.2, -0.15) is 0 Å². The highest BCUT2D eigenvalue weighted by molar-refractivity contribution is 14.0. The summed E-state index contributed by atoms with van der Waals surface area (Å²) in [5.74, 6) is 0.961. The van der Waals surface area contributed by atoms with E-state index in [-0.39, 0.29) is 41.8 Å². The van der Waals surface area contributed by atoms with Crippen molar-refractivity contribution in [2.45, 2.75) is 32.7 Å². The summed E-state index contributed by atoms with van der Waals surface area (Å²) in [6.45, 7) is 9.49. The predicted molar refractivity (Wildman–Crippen MR) is 128 cm³/mol. The Hall–Kier alpha value is -1.35. The van der Waals surface area contributed by atoms with Gasteiger partial charge in [-0.3, -0.25) is 14.7 Å². The highest BCUT2D eigenvalue weighted by Crippen LogP contribution is 2.27. The molecule has 0 saturated carbocycles. The van der Waals surface area contributed by atoms with Gasteiger partial charge in [0, 0.05) is 19.6 Å². The third kappa shape index (κ3) is 6.07. The van der Waals surface area contributed by atoms with Gasteiger partial charge in [0.15, 0.2) is 5.96 Å². The monoisotopic (exact) mass is 514 g/mol. The first kappa shape index (κ1) is 23.9. The maximum atomic E-state index is 12.1. The largest absolute Gasteiger partial charge is 0.469 e. The van der Waals surface area contributed by atoms with Crippen molar-refractivity contribution in [3.63, 3.8) is 0 Å². The average molecular weight is 514 g/mol. The van der Waals surface area contributed by atoms with Crippen LogP contribution in [0, 0.1) is 11.8 Å². The molecule has 0 aliphatic carbocycles. The first-order valence-corrected chi connectivity index (χ1v) is 10.5. The Morgan fingerprint density at radius 3 is 2.55 bits per heavy atom. The summed E-state index contributed by atoms with van der Waals surface area (Å²) in [5, 5.41) is 3.43. The van der Waals surface area contributed by atoms with Crippen molar-refractivity contribution in [1.82, 2.24) is 15.1 Å². The Morgan fingerprint density at radius 2 is 1.93 bits per heavy atom. The van der Waals surface area contributed by atoms with Gasteiger partial charge in [0.1, 0.15) is 0 Å². The summed E-state index contributed by atoms with van der Waals surface area (Å²) in [5.41, 5.74) is 1.33. The van der Waals surface area contributed by atoms with E-state index in [2.05, 4.69) is 59.3 Å². The molecular formula is C22H35IN4O2. The number of carbonyl (C=O) groups is 1. The first-order valence-electron chi connectivity index (χ1n) is 10.5. The van der Waals surface area contributed by atoms with Crippen molar-refractivity contribution < 1.29 is 9.53 Å². The maximum Gasteiger partial charge on any atom is 0.310 e. The number of aliphatic imine (C=N–C) groups is 1. The van der Waals surface area contributed by atoms with Crippen LogP contribution in [0.2, 0.25) is 0 Å². The molecule has 2 aliphatic heterocycles. The summed E-state index contributed by atoms with van der Waals surface area (Å²) in [4.78, 5) is 21.8. The minimum absolute atomic E-state index is 0. The van der Waals surface area contributed by atoms with Crippen molar-refractivity contribution in [1.29, 1.82) is 0 Å². The van der Waals surface area contributed by atoms with Gasteiger partial charge in [-0.25, -0.2) is 0 Å². The second-order valence-electron chi connectivity index (χ2n) is 7.88. The van der Waals surface area contributed by atoms with Crippen LogP contribution >= 0.6 is 24.0 Å². The van der Waals surface area contributed by atoms with Crippen LogP contribution in [0.4, 0.5) is 0 Å². The summed E-state index contributed by atoms with van der Waals surface area (Å²) in [6.07, 6.45) is 2.52. The van der Waals surface area contributed by atoms with Crippen molar-refractivity contribution in [3.05, 3.63) is 35.9 Å². The quantitative estimate of drug-likeness (QED) is 0.274. The highest BCUT2D eigenvalue weighted by atomic mass is 127. The van der Waals surface area contributed by atoms with Crippen molar-refractivity contribution >= 4 is 35.9 Å². The molecule has 7 heteroatoms. The second kappa shape index (κ2) is 11.7. The Balaban J connectivity index is 0.00000300. The maximum absolute atomic E-state index is 12.1. The lowest BCUT2D eigenvalue weighted by atomic mass is 9.99. The van der Waals surface area contributed by atoms with Crippen LogP contribution in [-0.2, 0) is 9.53 Å². The van der Waals surface area contributed by atoms with E-state index in [1.807, 2.05) is 0 Å². The molecule has 0 spiro atoms. The summed E-state index contributed by atoms with van der Waals surface area (Å²) >= 11 is 0. The minimum Gasteiger partial charge on any atom is -0.469 e. The number of methoxy groups -OCH3 is 1. The van der Waals surface area contributed by atoms with Gasteiger partial charge in [0.25, 0.3) is 0 Å². The summed E-state index contributed by atoms with van der Waals surface area (Å²) < 4.78 is 4.98. The number of esters is 1. The van der Waals surface area contributed by atoms with Gasteiger partial charge in [-0.1, -0.05) is 37.3 Å². The van der Waals surface area contributed by atoms with Crippen LogP contribution in [0.25, 0.3) is 0 Å². The Bertz CT molecular complexity index is 664. The van der Waals surface area contributed by atoms with Crippen LogP contribution in [0.15, 0.2) is 35.3 Å². The number of rotatable bonds is 6.